The molecule has 0 radical (unpaired) electrons. The molecule has 5 nitrogen and oxygen atoms in total. The number of hydrogen-bond acceptors (Lipinski definition) is 3. The van der Waals surface area contributed by atoms with Gasteiger partial charge in [0.2, 0.25) is 0 Å². The van der Waals surface area contributed by atoms with Gasteiger partial charge >= 0.3 is 0 Å². The first-order valence-electron chi connectivity index (χ1n) is 23.0. The molecule has 3 aromatic heterocycles. The Morgan fingerprint density at radius 3 is 0.838 bits per heavy atom. The van der Waals surface area contributed by atoms with Gasteiger partial charge in [-0.2, -0.15) is 0 Å². The molecular formula is C63H41N5. The van der Waals surface area contributed by atoms with Crippen molar-refractivity contribution in [1.82, 2.24) is 24.1 Å². The Morgan fingerprint density at radius 1 is 0.221 bits per heavy atom. The lowest BCUT2D eigenvalue weighted by molar-refractivity contribution is 1.07. The normalized spacial score (nSPS) is 11.5. The van der Waals surface area contributed by atoms with Crippen LogP contribution in [0.2, 0.25) is 0 Å². The molecule has 68 heavy (non-hydrogen) atoms. The van der Waals surface area contributed by atoms with Crippen LogP contribution < -0.4 is 0 Å². The van der Waals surface area contributed by atoms with Crippen LogP contribution in [0.1, 0.15) is 0 Å². The fourth-order valence-electron chi connectivity index (χ4n) is 10.0. The van der Waals surface area contributed by atoms with E-state index in [0.717, 1.165) is 83.5 Å². The van der Waals surface area contributed by atoms with E-state index in [1.165, 1.54) is 21.5 Å². The monoisotopic (exact) mass is 867 g/mol. The minimum Gasteiger partial charge on any atom is -0.309 e. The molecule has 0 N–H and O–H groups in total. The summed E-state index contributed by atoms with van der Waals surface area (Å²) in [5.41, 5.74) is 15.9. The van der Waals surface area contributed by atoms with Crippen molar-refractivity contribution in [1.29, 1.82) is 0 Å². The van der Waals surface area contributed by atoms with E-state index in [0.29, 0.717) is 17.5 Å². The quantitative estimate of drug-likeness (QED) is 0.153. The van der Waals surface area contributed by atoms with Gasteiger partial charge in [-0.25, -0.2) is 15.0 Å². The van der Waals surface area contributed by atoms with Gasteiger partial charge in [-0.1, -0.05) is 212 Å². The molecule has 13 aromatic rings. The maximum atomic E-state index is 5.42. The largest absolute Gasteiger partial charge is 0.309 e. The lowest BCUT2D eigenvalue weighted by Gasteiger charge is -2.22. The van der Waals surface area contributed by atoms with E-state index >= 15 is 0 Å². The minimum atomic E-state index is 0.577. The zero-order valence-corrected chi connectivity index (χ0v) is 36.9. The predicted molar refractivity (Wildman–Crippen MR) is 281 cm³/mol. The number of hydrogen-bond donors (Lipinski definition) is 0. The van der Waals surface area contributed by atoms with Crippen molar-refractivity contribution in [2.24, 2.45) is 0 Å². The van der Waals surface area contributed by atoms with E-state index in [4.69, 9.17) is 15.0 Å². The summed E-state index contributed by atoms with van der Waals surface area (Å²) in [5, 5.41) is 4.75. The van der Waals surface area contributed by atoms with Crippen molar-refractivity contribution in [3.8, 4) is 78.9 Å². The van der Waals surface area contributed by atoms with Crippen LogP contribution in [0.5, 0.6) is 0 Å². The molecular weight excluding hydrogens is 827 g/mol. The Labute approximate surface area is 393 Å². The van der Waals surface area contributed by atoms with E-state index in [-0.39, 0.29) is 0 Å². The molecule has 318 valence electrons. The summed E-state index contributed by atoms with van der Waals surface area (Å²) < 4.78 is 4.86. The summed E-state index contributed by atoms with van der Waals surface area (Å²) in [6.07, 6.45) is 0. The lowest BCUT2D eigenvalue weighted by atomic mass is 9.97. The number of aromatic nitrogens is 5. The topological polar surface area (TPSA) is 48.5 Å². The van der Waals surface area contributed by atoms with Crippen LogP contribution in [0.3, 0.4) is 0 Å². The molecule has 0 spiro atoms. The summed E-state index contributed by atoms with van der Waals surface area (Å²) in [5.74, 6) is 1.77. The molecule has 5 heteroatoms. The van der Waals surface area contributed by atoms with Crippen molar-refractivity contribution < 1.29 is 0 Å². The number of benzene rings is 10. The number of fused-ring (bicyclic) bond motifs is 6. The number of nitrogens with zero attached hydrogens (tertiary/aromatic N) is 5. The molecule has 0 amide bonds. The van der Waals surface area contributed by atoms with Crippen molar-refractivity contribution in [3.63, 3.8) is 0 Å². The van der Waals surface area contributed by atoms with Crippen LogP contribution in [0, 0.1) is 0 Å². The molecule has 0 unspecified atom stereocenters. The second-order valence-electron chi connectivity index (χ2n) is 17.2. The second kappa shape index (κ2) is 16.4. The standard InChI is InChI=1S/C63H41N5/c1-4-18-42(19-5-1)44-32-36-47(37-33-44)61-64-62(48-38-34-45(35-39-48)43-20-6-2-7-21-43)66-63(65-61)49-40-58(67-54-28-14-10-24-50(54)51-25-11-15-29-55(51)67)60(46-22-8-3-9-23-46)59(41-49)68-56-30-16-12-26-52(56)53-27-13-17-31-57(53)68/h1-41H. The number of rotatable bonds is 8. The zero-order valence-electron chi connectivity index (χ0n) is 36.9. The smallest absolute Gasteiger partial charge is 0.164 e. The molecule has 0 saturated heterocycles. The summed E-state index contributed by atoms with van der Waals surface area (Å²) in [6.45, 7) is 0. The third-order valence-electron chi connectivity index (χ3n) is 13.2. The highest BCUT2D eigenvalue weighted by molar-refractivity contribution is 6.12. The number of para-hydroxylation sites is 4. The van der Waals surface area contributed by atoms with Crippen LogP contribution in [-0.4, -0.2) is 24.1 Å². The van der Waals surface area contributed by atoms with Gasteiger partial charge in [0.25, 0.3) is 0 Å². The maximum absolute atomic E-state index is 5.42. The molecule has 0 aliphatic rings. The molecule has 0 atom stereocenters. The first-order chi connectivity index (χ1) is 33.7. The van der Waals surface area contributed by atoms with Gasteiger partial charge in [0.15, 0.2) is 17.5 Å². The Bertz CT molecular complexity index is 3640. The Hall–Kier alpha value is -9.19. The van der Waals surface area contributed by atoms with Gasteiger partial charge < -0.3 is 9.13 Å². The van der Waals surface area contributed by atoms with Crippen molar-refractivity contribution in [3.05, 3.63) is 249 Å². The Morgan fingerprint density at radius 2 is 0.485 bits per heavy atom. The molecule has 0 saturated carbocycles. The molecule has 10 aromatic carbocycles. The SMILES string of the molecule is c1ccc(-c2ccc(-c3nc(-c4ccc(-c5ccccc5)cc4)nc(-c4cc(-n5c6ccccc6c6ccccc65)c(-c5ccccc5)c(-n5c6ccccc6c6ccccc65)c4)n3)cc2)cc1. The molecule has 0 fully saturated rings. The predicted octanol–water partition coefficient (Wildman–Crippen LogP) is 16.1. The van der Waals surface area contributed by atoms with Crippen molar-refractivity contribution in [2.75, 3.05) is 0 Å². The van der Waals surface area contributed by atoms with Gasteiger partial charge in [0.1, 0.15) is 0 Å². The maximum Gasteiger partial charge on any atom is 0.164 e. The summed E-state index contributed by atoms with van der Waals surface area (Å²) in [4.78, 5) is 16.1. The van der Waals surface area contributed by atoms with E-state index in [2.05, 4.69) is 246 Å². The van der Waals surface area contributed by atoms with E-state index < -0.39 is 0 Å². The first-order valence-corrected chi connectivity index (χ1v) is 23.0. The lowest BCUT2D eigenvalue weighted by Crippen LogP contribution is -2.06. The zero-order chi connectivity index (χ0) is 45.0. The molecule has 0 bridgehead atoms. The van der Waals surface area contributed by atoms with Crippen LogP contribution in [0.4, 0.5) is 0 Å². The van der Waals surface area contributed by atoms with Crippen LogP contribution in [-0.2, 0) is 0 Å². The average molecular weight is 868 g/mol. The molecule has 0 aliphatic heterocycles. The molecule has 0 aliphatic carbocycles. The van der Waals surface area contributed by atoms with Gasteiger partial charge in [-0.05, 0) is 64.2 Å². The van der Waals surface area contributed by atoms with Gasteiger partial charge in [0.05, 0.1) is 33.4 Å². The highest BCUT2D eigenvalue weighted by atomic mass is 15.1. The fraction of sp³-hybridized carbons (Fsp3) is 0. The summed E-state index contributed by atoms with van der Waals surface area (Å²) in [7, 11) is 0. The van der Waals surface area contributed by atoms with Crippen molar-refractivity contribution in [2.45, 2.75) is 0 Å². The Balaban J connectivity index is 1.12. The summed E-state index contributed by atoms with van der Waals surface area (Å²) in [6, 6.07) is 88.2. The minimum absolute atomic E-state index is 0.577. The highest BCUT2D eigenvalue weighted by Gasteiger charge is 2.25. The van der Waals surface area contributed by atoms with Gasteiger partial charge in [-0.15, -0.1) is 0 Å². The Kier molecular flexibility index (Phi) is 9.43. The third-order valence-corrected chi connectivity index (χ3v) is 13.2. The highest BCUT2D eigenvalue weighted by Crippen LogP contribution is 2.44. The van der Waals surface area contributed by atoms with Crippen LogP contribution in [0.25, 0.3) is 123 Å². The summed E-state index contributed by atoms with van der Waals surface area (Å²) >= 11 is 0. The molecule has 13 rings (SSSR count). The first kappa shape index (κ1) is 39.2. The third kappa shape index (κ3) is 6.68. The van der Waals surface area contributed by atoms with Gasteiger partial charge in [0, 0.05) is 43.8 Å². The van der Waals surface area contributed by atoms with Crippen LogP contribution >= 0.6 is 0 Å². The van der Waals surface area contributed by atoms with Crippen molar-refractivity contribution >= 4 is 43.6 Å². The average Bonchev–Trinajstić information content (AvgIpc) is 3.94. The van der Waals surface area contributed by atoms with Crippen LogP contribution in [0.15, 0.2) is 249 Å². The second-order valence-corrected chi connectivity index (χ2v) is 17.2. The van der Waals surface area contributed by atoms with E-state index in [1.807, 2.05) is 12.1 Å². The van der Waals surface area contributed by atoms with E-state index in [9.17, 15) is 0 Å². The van der Waals surface area contributed by atoms with Gasteiger partial charge in [-0.3, -0.25) is 0 Å². The fourth-order valence-corrected chi connectivity index (χ4v) is 10.0. The molecule has 3 heterocycles. The van der Waals surface area contributed by atoms with E-state index in [1.54, 1.807) is 0 Å².